The summed E-state index contributed by atoms with van der Waals surface area (Å²) >= 11 is 7.50. The second kappa shape index (κ2) is 10.8. The van der Waals surface area contributed by atoms with Crippen LogP contribution in [-0.4, -0.2) is 26.1 Å². The Morgan fingerprint density at radius 3 is 2.52 bits per heavy atom. The van der Waals surface area contributed by atoms with Gasteiger partial charge in [0.1, 0.15) is 5.82 Å². The van der Waals surface area contributed by atoms with Crippen molar-refractivity contribution in [2.24, 2.45) is 4.99 Å². The predicted octanol–water partition coefficient (Wildman–Crippen LogP) is 4.11. The Labute approximate surface area is 162 Å². The average Bonchev–Trinajstić information content (AvgIpc) is 2.91. The van der Waals surface area contributed by atoms with Crippen LogP contribution in [0.2, 0.25) is 4.34 Å². The van der Waals surface area contributed by atoms with Crippen LogP contribution in [0.5, 0.6) is 0 Å². The number of rotatable bonds is 6. The van der Waals surface area contributed by atoms with Gasteiger partial charge in [-0.05, 0) is 42.7 Å². The monoisotopic (exact) mass is 467 g/mol. The standard InChI is InChI=1S/C16H19ClFN3S.HI/c1-19-16(21-10-8-14-5-6-15(17)22-14)20-9-7-12-3-2-4-13(18)11-12;/h2-6,11H,7-10H2,1H3,(H2,19,20,21);1H. The zero-order valence-electron chi connectivity index (χ0n) is 12.8. The van der Waals surface area contributed by atoms with Crippen LogP contribution >= 0.6 is 46.9 Å². The molecule has 0 unspecified atom stereocenters. The van der Waals surface area contributed by atoms with Gasteiger partial charge in [0.2, 0.25) is 0 Å². The third-order valence-corrected chi connectivity index (χ3v) is 4.40. The molecule has 2 rings (SSSR count). The Hall–Kier alpha value is -0.860. The SMILES string of the molecule is CN=C(NCCc1cccc(F)c1)NCCc1ccc(Cl)s1.I. The van der Waals surface area contributed by atoms with Crippen molar-refractivity contribution >= 4 is 52.9 Å². The number of thiophene rings is 1. The molecule has 1 aromatic heterocycles. The number of nitrogens with one attached hydrogen (secondary N) is 2. The van der Waals surface area contributed by atoms with E-state index in [0.717, 1.165) is 35.2 Å². The molecule has 3 nitrogen and oxygen atoms in total. The minimum Gasteiger partial charge on any atom is -0.356 e. The summed E-state index contributed by atoms with van der Waals surface area (Å²) in [7, 11) is 1.74. The lowest BCUT2D eigenvalue weighted by Crippen LogP contribution is -2.39. The van der Waals surface area contributed by atoms with Crippen LogP contribution in [0.25, 0.3) is 0 Å². The van der Waals surface area contributed by atoms with Crippen LogP contribution in [0.1, 0.15) is 10.4 Å². The number of guanidine groups is 1. The van der Waals surface area contributed by atoms with Gasteiger partial charge in [0.25, 0.3) is 0 Å². The molecule has 0 saturated carbocycles. The van der Waals surface area contributed by atoms with E-state index < -0.39 is 0 Å². The average molecular weight is 468 g/mol. The van der Waals surface area contributed by atoms with Gasteiger partial charge in [-0.1, -0.05) is 23.7 Å². The van der Waals surface area contributed by atoms with E-state index in [1.807, 2.05) is 18.2 Å². The first kappa shape index (κ1) is 20.2. The van der Waals surface area contributed by atoms with Crippen LogP contribution < -0.4 is 10.6 Å². The molecule has 1 heterocycles. The van der Waals surface area contributed by atoms with Gasteiger partial charge in [0.15, 0.2) is 5.96 Å². The maximum absolute atomic E-state index is 13.1. The summed E-state index contributed by atoms with van der Waals surface area (Å²) in [5, 5.41) is 6.48. The maximum atomic E-state index is 13.1. The third kappa shape index (κ3) is 7.50. The van der Waals surface area contributed by atoms with Crippen molar-refractivity contribution in [2.75, 3.05) is 20.1 Å². The van der Waals surface area contributed by atoms with Crippen molar-refractivity contribution in [1.82, 2.24) is 10.6 Å². The van der Waals surface area contributed by atoms with E-state index in [9.17, 15) is 4.39 Å². The van der Waals surface area contributed by atoms with Crippen molar-refractivity contribution in [1.29, 1.82) is 0 Å². The number of halogens is 3. The Kier molecular flexibility index (Phi) is 9.50. The van der Waals surface area contributed by atoms with Gasteiger partial charge in [0.05, 0.1) is 4.34 Å². The second-order valence-electron chi connectivity index (χ2n) is 4.76. The normalized spacial score (nSPS) is 11.0. The first-order valence-electron chi connectivity index (χ1n) is 7.10. The van der Waals surface area contributed by atoms with E-state index >= 15 is 0 Å². The number of hydrogen-bond donors (Lipinski definition) is 2. The van der Waals surface area contributed by atoms with Crippen LogP contribution in [-0.2, 0) is 12.8 Å². The Morgan fingerprint density at radius 2 is 1.91 bits per heavy atom. The smallest absolute Gasteiger partial charge is 0.190 e. The van der Waals surface area contributed by atoms with Crippen LogP contribution in [0, 0.1) is 5.82 Å². The Bertz CT molecular complexity index is 633. The Balaban J connectivity index is 0.00000264. The molecule has 0 atom stereocenters. The summed E-state index contributed by atoms with van der Waals surface area (Å²) in [6.45, 7) is 1.49. The molecule has 0 radical (unpaired) electrons. The molecule has 0 fully saturated rings. The molecule has 0 aliphatic heterocycles. The van der Waals surface area contributed by atoms with Crippen LogP contribution in [0.15, 0.2) is 41.4 Å². The number of nitrogens with zero attached hydrogens (tertiary/aromatic N) is 1. The summed E-state index contributed by atoms with van der Waals surface area (Å²) in [6.07, 6.45) is 1.65. The lowest BCUT2D eigenvalue weighted by atomic mass is 10.1. The first-order valence-corrected chi connectivity index (χ1v) is 8.30. The van der Waals surface area contributed by atoms with E-state index in [1.165, 1.54) is 10.9 Å². The molecule has 0 saturated heterocycles. The second-order valence-corrected chi connectivity index (χ2v) is 6.56. The number of hydrogen-bond acceptors (Lipinski definition) is 2. The summed E-state index contributed by atoms with van der Waals surface area (Å²) in [5.41, 5.74) is 0.969. The minimum absolute atomic E-state index is 0. The number of benzene rings is 1. The van der Waals surface area contributed by atoms with Gasteiger partial charge in [0, 0.05) is 25.0 Å². The first-order chi connectivity index (χ1) is 10.7. The predicted molar refractivity (Wildman–Crippen MR) is 108 cm³/mol. The fraction of sp³-hybridized carbons (Fsp3) is 0.312. The largest absolute Gasteiger partial charge is 0.356 e. The lowest BCUT2D eigenvalue weighted by Gasteiger charge is -2.11. The molecule has 0 aliphatic carbocycles. The van der Waals surface area contributed by atoms with E-state index in [4.69, 9.17) is 11.6 Å². The summed E-state index contributed by atoms with van der Waals surface area (Å²) < 4.78 is 13.9. The molecule has 0 aliphatic rings. The molecule has 126 valence electrons. The highest BCUT2D eigenvalue weighted by Gasteiger charge is 2.01. The quantitative estimate of drug-likeness (QED) is 0.381. The highest BCUT2D eigenvalue weighted by atomic mass is 127. The fourth-order valence-electron chi connectivity index (χ4n) is 2.03. The molecule has 0 bridgehead atoms. The highest BCUT2D eigenvalue weighted by Crippen LogP contribution is 2.21. The van der Waals surface area contributed by atoms with Crippen molar-refractivity contribution in [3.8, 4) is 0 Å². The molecule has 1 aromatic carbocycles. The van der Waals surface area contributed by atoms with Gasteiger partial charge < -0.3 is 10.6 Å². The maximum Gasteiger partial charge on any atom is 0.190 e. The van der Waals surface area contributed by atoms with E-state index in [2.05, 4.69) is 15.6 Å². The fourth-order valence-corrected chi connectivity index (χ4v) is 3.12. The summed E-state index contributed by atoms with van der Waals surface area (Å²) in [5.74, 6) is 0.550. The molecule has 2 N–H and O–H groups in total. The van der Waals surface area contributed by atoms with Crippen molar-refractivity contribution in [2.45, 2.75) is 12.8 Å². The number of aliphatic imine (C=N–C) groups is 1. The van der Waals surface area contributed by atoms with Gasteiger partial charge >= 0.3 is 0 Å². The molecule has 0 amide bonds. The molecule has 0 spiro atoms. The van der Waals surface area contributed by atoms with Crippen molar-refractivity contribution in [3.05, 3.63) is 57.0 Å². The Morgan fingerprint density at radius 1 is 1.17 bits per heavy atom. The minimum atomic E-state index is -0.199. The summed E-state index contributed by atoms with van der Waals surface area (Å²) in [4.78, 5) is 5.41. The van der Waals surface area contributed by atoms with E-state index in [-0.39, 0.29) is 29.8 Å². The molecular weight excluding hydrogens is 448 g/mol. The zero-order valence-corrected chi connectivity index (χ0v) is 16.7. The molecule has 2 aromatic rings. The highest BCUT2D eigenvalue weighted by molar-refractivity contribution is 14.0. The molecule has 23 heavy (non-hydrogen) atoms. The van der Waals surface area contributed by atoms with E-state index in [0.29, 0.717) is 6.54 Å². The summed E-state index contributed by atoms with van der Waals surface area (Å²) in [6, 6.07) is 10.6. The third-order valence-electron chi connectivity index (χ3n) is 3.11. The van der Waals surface area contributed by atoms with Crippen LogP contribution in [0.3, 0.4) is 0 Å². The van der Waals surface area contributed by atoms with Crippen molar-refractivity contribution < 1.29 is 4.39 Å². The van der Waals surface area contributed by atoms with Gasteiger partial charge in [-0.25, -0.2) is 4.39 Å². The van der Waals surface area contributed by atoms with Crippen LogP contribution in [0.4, 0.5) is 4.39 Å². The topological polar surface area (TPSA) is 36.4 Å². The molecule has 7 heteroatoms. The van der Waals surface area contributed by atoms with Gasteiger partial charge in [-0.15, -0.1) is 35.3 Å². The van der Waals surface area contributed by atoms with Gasteiger partial charge in [-0.3, -0.25) is 4.99 Å². The van der Waals surface area contributed by atoms with E-state index in [1.54, 1.807) is 30.5 Å². The molecular formula is C16H20ClFIN3S. The van der Waals surface area contributed by atoms with Gasteiger partial charge in [-0.2, -0.15) is 0 Å². The lowest BCUT2D eigenvalue weighted by molar-refractivity contribution is 0.625. The van der Waals surface area contributed by atoms with Crippen molar-refractivity contribution in [3.63, 3.8) is 0 Å². The zero-order chi connectivity index (χ0) is 15.8.